The van der Waals surface area contributed by atoms with E-state index < -0.39 is 11.0 Å². The maximum Gasteiger partial charge on any atom is 0.273 e. The molecule has 20 heavy (non-hydrogen) atoms. The number of nitro benzene ring substituents is 1. The molecule has 0 aliphatic heterocycles. The monoisotopic (exact) mass is 311 g/mol. The van der Waals surface area contributed by atoms with E-state index in [1.165, 1.54) is 29.5 Å². The molecule has 0 amide bonds. The average Bonchev–Trinajstić information content (AvgIpc) is 2.84. The summed E-state index contributed by atoms with van der Waals surface area (Å²) in [6.45, 7) is 1.59. The Hall–Kier alpha value is -1.92. The summed E-state index contributed by atoms with van der Waals surface area (Å²) < 4.78 is 5.96. The van der Waals surface area contributed by atoms with Crippen LogP contribution in [0.15, 0.2) is 36.4 Å². The fourth-order valence-corrected chi connectivity index (χ4v) is 2.64. The van der Waals surface area contributed by atoms with Gasteiger partial charge in [0.2, 0.25) is 5.78 Å². The Morgan fingerprint density at radius 2 is 2.15 bits per heavy atom. The van der Waals surface area contributed by atoms with Crippen molar-refractivity contribution in [2.75, 3.05) is 0 Å². The molecular weight excluding hydrogens is 302 g/mol. The standard InChI is InChI=1S/C13H10ClNO4S/c1-8(13(16)11-5-6-12(14)20-11)19-10-4-2-3-9(7-10)15(17)18/h2-8H,1H3. The molecule has 0 bridgehead atoms. The van der Waals surface area contributed by atoms with E-state index in [0.29, 0.717) is 9.21 Å². The predicted molar refractivity (Wildman–Crippen MR) is 76.8 cm³/mol. The summed E-state index contributed by atoms with van der Waals surface area (Å²) in [5, 5.41) is 10.7. The van der Waals surface area contributed by atoms with Gasteiger partial charge in [-0.05, 0) is 25.1 Å². The first-order valence-corrected chi connectivity index (χ1v) is 6.87. The van der Waals surface area contributed by atoms with E-state index in [1.54, 1.807) is 25.1 Å². The van der Waals surface area contributed by atoms with Crippen molar-refractivity contribution in [1.29, 1.82) is 0 Å². The van der Waals surface area contributed by atoms with Crippen molar-refractivity contribution in [2.45, 2.75) is 13.0 Å². The van der Waals surface area contributed by atoms with Crippen molar-refractivity contribution >= 4 is 34.4 Å². The quantitative estimate of drug-likeness (QED) is 0.476. The van der Waals surface area contributed by atoms with Gasteiger partial charge in [-0.1, -0.05) is 17.7 Å². The molecular formula is C13H10ClNO4S. The molecule has 7 heteroatoms. The molecule has 2 aromatic rings. The number of carbonyl (C=O) groups is 1. The van der Waals surface area contributed by atoms with Crippen molar-refractivity contribution in [3.63, 3.8) is 0 Å². The molecule has 1 atom stereocenters. The predicted octanol–water partition coefficient (Wildman–Crippen LogP) is 3.96. The Kier molecular flexibility index (Phi) is 4.36. The van der Waals surface area contributed by atoms with E-state index in [-0.39, 0.29) is 17.2 Å². The van der Waals surface area contributed by atoms with Crippen LogP contribution in [0.3, 0.4) is 0 Å². The molecule has 0 saturated carbocycles. The highest BCUT2D eigenvalue weighted by atomic mass is 35.5. The Morgan fingerprint density at radius 3 is 2.75 bits per heavy atom. The zero-order chi connectivity index (χ0) is 14.7. The molecule has 0 fully saturated rings. The molecule has 0 spiro atoms. The van der Waals surface area contributed by atoms with Gasteiger partial charge in [-0.25, -0.2) is 0 Å². The molecule has 1 heterocycles. The third kappa shape index (κ3) is 3.34. The number of carbonyl (C=O) groups excluding carboxylic acids is 1. The first-order valence-electron chi connectivity index (χ1n) is 5.68. The van der Waals surface area contributed by atoms with Crippen LogP contribution in [0.2, 0.25) is 4.34 Å². The lowest BCUT2D eigenvalue weighted by molar-refractivity contribution is -0.384. The molecule has 2 rings (SSSR count). The highest BCUT2D eigenvalue weighted by Gasteiger charge is 2.19. The van der Waals surface area contributed by atoms with E-state index in [4.69, 9.17) is 16.3 Å². The first-order chi connectivity index (χ1) is 9.47. The minimum absolute atomic E-state index is 0.0821. The van der Waals surface area contributed by atoms with E-state index in [2.05, 4.69) is 0 Å². The van der Waals surface area contributed by atoms with Gasteiger partial charge in [0.15, 0.2) is 6.10 Å². The van der Waals surface area contributed by atoms with Gasteiger partial charge in [0, 0.05) is 6.07 Å². The molecule has 0 N–H and O–H groups in total. The summed E-state index contributed by atoms with van der Waals surface area (Å²) in [7, 11) is 0. The number of hydrogen-bond donors (Lipinski definition) is 0. The molecule has 0 aliphatic carbocycles. The smallest absolute Gasteiger partial charge is 0.273 e. The summed E-state index contributed by atoms with van der Waals surface area (Å²) in [5.41, 5.74) is -0.0821. The number of Topliss-reactive ketones (excluding diaryl/α,β-unsaturated/α-hetero) is 1. The van der Waals surface area contributed by atoms with Crippen molar-refractivity contribution in [1.82, 2.24) is 0 Å². The summed E-state index contributed by atoms with van der Waals surface area (Å²) >= 11 is 6.95. The minimum Gasteiger partial charge on any atom is -0.482 e. The maximum atomic E-state index is 12.1. The number of non-ortho nitro benzene ring substituents is 1. The van der Waals surface area contributed by atoms with Crippen molar-refractivity contribution in [2.24, 2.45) is 0 Å². The van der Waals surface area contributed by atoms with Gasteiger partial charge < -0.3 is 4.74 Å². The molecule has 104 valence electrons. The molecule has 0 radical (unpaired) electrons. The summed E-state index contributed by atoms with van der Waals surface area (Å²) in [6.07, 6.45) is -0.744. The SMILES string of the molecule is CC(Oc1cccc([N+](=O)[O-])c1)C(=O)c1ccc(Cl)s1. The average molecular weight is 312 g/mol. The maximum absolute atomic E-state index is 12.1. The van der Waals surface area contributed by atoms with E-state index in [0.717, 1.165) is 0 Å². The number of ketones is 1. The van der Waals surface area contributed by atoms with Crippen LogP contribution in [0.1, 0.15) is 16.6 Å². The number of hydrogen-bond acceptors (Lipinski definition) is 5. The lowest BCUT2D eigenvalue weighted by atomic mass is 10.2. The third-order valence-electron chi connectivity index (χ3n) is 2.53. The Bertz CT molecular complexity index is 655. The van der Waals surface area contributed by atoms with Crippen LogP contribution in [-0.2, 0) is 0 Å². The second-order valence-corrected chi connectivity index (χ2v) is 5.70. The van der Waals surface area contributed by atoms with Gasteiger partial charge in [-0.2, -0.15) is 0 Å². The largest absolute Gasteiger partial charge is 0.482 e. The Morgan fingerprint density at radius 1 is 1.40 bits per heavy atom. The van der Waals surface area contributed by atoms with Gasteiger partial charge in [0.1, 0.15) is 5.75 Å². The molecule has 0 aliphatic rings. The lowest BCUT2D eigenvalue weighted by Gasteiger charge is -2.12. The van der Waals surface area contributed by atoms with Gasteiger partial charge in [0.05, 0.1) is 20.2 Å². The third-order valence-corrected chi connectivity index (χ3v) is 3.77. The fourth-order valence-electron chi connectivity index (χ4n) is 1.58. The number of nitrogens with zero attached hydrogens (tertiary/aromatic N) is 1. The van der Waals surface area contributed by atoms with Crippen molar-refractivity contribution in [3.8, 4) is 5.75 Å². The number of ether oxygens (including phenoxy) is 1. The van der Waals surface area contributed by atoms with Crippen LogP contribution in [0, 0.1) is 10.1 Å². The van der Waals surface area contributed by atoms with Gasteiger partial charge in [0.25, 0.3) is 5.69 Å². The first kappa shape index (κ1) is 14.5. The van der Waals surface area contributed by atoms with Crippen LogP contribution in [-0.4, -0.2) is 16.8 Å². The van der Waals surface area contributed by atoms with Crippen molar-refractivity contribution in [3.05, 3.63) is 55.7 Å². The van der Waals surface area contributed by atoms with Gasteiger partial charge >= 0.3 is 0 Å². The minimum atomic E-state index is -0.744. The van der Waals surface area contributed by atoms with E-state index in [9.17, 15) is 14.9 Å². The zero-order valence-corrected chi connectivity index (χ0v) is 12.0. The fraction of sp³-hybridized carbons (Fsp3) is 0.154. The Labute approximate surface area is 123 Å². The number of rotatable bonds is 5. The molecule has 5 nitrogen and oxygen atoms in total. The molecule has 1 aromatic carbocycles. The number of benzene rings is 1. The molecule has 0 saturated heterocycles. The summed E-state index contributed by atoms with van der Waals surface area (Å²) in [4.78, 5) is 22.7. The zero-order valence-electron chi connectivity index (χ0n) is 10.4. The highest BCUT2D eigenvalue weighted by molar-refractivity contribution is 7.18. The van der Waals surface area contributed by atoms with Gasteiger partial charge in [-0.15, -0.1) is 11.3 Å². The summed E-state index contributed by atoms with van der Waals surface area (Å²) in [6, 6.07) is 8.98. The number of thiophene rings is 1. The van der Waals surface area contributed by atoms with E-state index >= 15 is 0 Å². The highest BCUT2D eigenvalue weighted by Crippen LogP contribution is 2.25. The molecule has 1 aromatic heterocycles. The molecule has 1 unspecified atom stereocenters. The second kappa shape index (κ2) is 6.02. The van der Waals surface area contributed by atoms with Crippen LogP contribution in [0.4, 0.5) is 5.69 Å². The van der Waals surface area contributed by atoms with Crippen LogP contribution in [0.25, 0.3) is 0 Å². The van der Waals surface area contributed by atoms with Crippen LogP contribution in [0.5, 0.6) is 5.75 Å². The van der Waals surface area contributed by atoms with Crippen LogP contribution < -0.4 is 4.74 Å². The number of nitro groups is 1. The number of halogens is 1. The van der Waals surface area contributed by atoms with E-state index in [1.807, 2.05) is 0 Å². The second-order valence-electron chi connectivity index (χ2n) is 3.98. The lowest BCUT2D eigenvalue weighted by Crippen LogP contribution is -2.23. The van der Waals surface area contributed by atoms with Gasteiger partial charge in [-0.3, -0.25) is 14.9 Å². The normalized spacial score (nSPS) is 11.9. The topological polar surface area (TPSA) is 69.4 Å². The van der Waals surface area contributed by atoms with Crippen LogP contribution >= 0.6 is 22.9 Å². The Balaban J connectivity index is 2.11. The summed E-state index contributed by atoms with van der Waals surface area (Å²) in [5.74, 6) is 0.0658. The van der Waals surface area contributed by atoms with Crippen molar-refractivity contribution < 1.29 is 14.5 Å².